The fourth-order valence-electron chi connectivity index (χ4n) is 2.12. The van der Waals surface area contributed by atoms with Gasteiger partial charge in [-0.3, -0.25) is 4.79 Å². The van der Waals surface area contributed by atoms with E-state index in [2.05, 4.69) is 0 Å². The van der Waals surface area contributed by atoms with E-state index in [1.54, 1.807) is 18.2 Å². The van der Waals surface area contributed by atoms with Gasteiger partial charge in [-0.1, -0.05) is 18.2 Å². The third kappa shape index (κ3) is 3.02. The Bertz CT molecular complexity index is 674. The molecule has 1 saturated carbocycles. The van der Waals surface area contributed by atoms with Crippen LogP contribution in [0, 0.1) is 23.2 Å². The molecular formula is C14H14ClNO3S. The molecule has 20 heavy (non-hydrogen) atoms. The average molecular weight is 312 g/mol. The second-order valence-electron chi connectivity index (χ2n) is 5.00. The number of ketones is 1. The van der Waals surface area contributed by atoms with Crippen LogP contribution in [-0.2, 0) is 14.6 Å². The van der Waals surface area contributed by atoms with Crippen molar-refractivity contribution >= 4 is 27.2 Å². The van der Waals surface area contributed by atoms with E-state index in [4.69, 9.17) is 11.6 Å². The van der Waals surface area contributed by atoms with Crippen LogP contribution in [0.15, 0.2) is 29.2 Å². The summed E-state index contributed by atoms with van der Waals surface area (Å²) >= 11 is 6.24. The molecule has 0 aliphatic heterocycles. The first-order valence-electron chi connectivity index (χ1n) is 6.22. The van der Waals surface area contributed by atoms with Gasteiger partial charge in [-0.2, -0.15) is 5.26 Å². The van der Waals surface area contributed by atoms with Crippen molar-refractivity contribution in [2.75, 3.05) is 6.26 Å². The number of carbonyl (C=O) groups excluding carboxylic acids is 1. The standard InChI is InChI=1S/C14H14ClNO3S/c1-20(18,19)12-5-3-2-4-10(12)13(15)11(8-16)14(17)9-6-7-9/h2-5,9,11,13H,6-7H2,1H3. The molecule has 1 aliphatic carbocycles. The van der Waals surface area contributed by atoms with Crippen LogP contribution in [0.1, 0.15) is 23.8 Å². The maximum atomic E-state index is 12.1. The number of benzene rings is 1. The molecule has 0 radical (unpaired) electrons. The third-order valence-corrected chi connectivity index (χ3v) is 4.99. The number of halogens is 1. The first-order chi connectivity index (χ1) is 9.36. The van der Waals surface area contributed by atoms with E-state index in [0.29, 0.717) is 5.56 Å². The Hall–Kier alpha value is -1.38. The van der Waals surface area contributed by atoms with Crippen molar-refractivity contribution in [2.24, 2.45) is 11.8 Å². The molecule has 1 fully saturated rings. The highest BCUT2D eigenvalue weighted by Crippen LogP contribution is 2.40. The van der Waals surface area contributed by atoms with Gasteiger partial charge in [0, 0.05) is 12.2 Å². The zero-order valence-corrected chi connectivity index (χ0v) is 12.5. The largest absolute Gasteiger partial charge is 0.298 e. The molecule has 0 aromatic heterocycles. The topological polar surface area (TPSA) is 75.0 Å². The summed E-state index contributed by atoms with van der Waals surface area (Å²) < 4.78 is 23.5. The van der Waals surface area contributed by atoms with Crippen LogP contribution in [0.25, 0.3) is 0 Å². The molecule has 1 aromatic carbocycles. The lowest BCUT2D eigenvalue weighted by atomic mass is 9.93. The van der Waals surface area contributed by atoms with Crippen molar-refractivity contribution < 1.29 is 13.2 Å². The maximum absolute atomic E-state index is 12.1. The lowest BCUT2D eigenvalue weighted by Crippen LogP contribution is -2.20. The SMILES string of the molecule is CS(=O)(=O)c1ccccc1C(Cl)C(C#N)C(=O)C1CC1. The molecule has 0 bridgehead atoms. The van der Waals surface area contributed by atoms with E-state index >= 15 is 0 Å². The molecule has 0 saturated heterocycles. The maximum Gasteiger partial charge on any atom is 0.175 e. The molecule has 0 heterocycles. The van der Waals surface area contributed by atoms with Crippen LogP contribution in [0.2, 0.25) is 0 Å². The smallest absolute Gasteiger partial charge is 0.175 e. The summed E-state index contributed by atoms with van der Waals surface area (Å²) in [5.41, 5.74) is 0.317. The van der Waals surface area contributed by atoms with Gasteiger partial charge >= 0.3 is 0 Å². The van der Waals surface area contributed by atoms with Crippen molar-refractivity contribution in [3.05, 3.63) is 29.8 Å². The zero-order chi connectivity index (χ0) is 14.9. The Kier molecular flexibility index (Phi) is 4.17. The van der Waals surface area contributed by atoms with Crippen LogP contribution < -0.4 is 0 Å². The van der Waals surface area contributed by atoms with Gasteiger partial charge in [-0.05, 0) is 24.5 Å². The van der Waals surface area contributed by atoms with E-state index in [0.717, 1.165) is 19.1 Å². The van der Waals surface area contributed by atoms with Gasteiger partial charge in [0.1, 0.15) is 5.92 Å². The van der Waals surface area contributed by atoms with Crippen molar-refractivity contribution in [3.8, 4) is 6.07 Å². The molecular weight excluding hydrogens is 298 g/mol. The highest BCUT2D eigenvalue weighted by atomic mass is 35.5. The van der Waals surface area contributed by atoms with Crippen LogP contribution >= 0.6 is 11.6 Å². The Labute approximate surface area is 123 Å². The van der Waals surface area contributed by atoms with E-state index in [1.807, 2.05) is 6.07 Å². The van der Waals surface area contributed by atoms with Gasteiger partial charge in [0.25, 0.3) is 0 Å². The summed E-state index contributed by atoms with van der Waals surface area (Å²) in [6.45, 7) is 0. The Balaban J connectivity index is 2.40. The lowest BCUT2D eigenvalue weighted by molar-refractivity contribution is -0.122. The number of alkyl halides is 1. The second kappa shape index (κ2) is 5.55. The van der Waals surface area contributed by atoms with Gasteiger partial charge in [0.2, 0.25) is 0 Å². The van der Waals surface area contributed by atoms with Gasteiger partial charge in [0.15, 0.2) is 15.6 Å². The molecule has 106 valence electrons. The fraction of sp³-hybridized carbons (Fsp3) is 0.429. The minimum absolute atomic E-state index is 0.0730. The van der Waals surface area contributed by atoms with Crippen molar-refractivity contribution in [2.45, 2.75) is 23.1 Å². The predicted molar refractivity (Wildman–Crippen MR) is 75.0 cm³/mol. The van der Waals surface area contributed by atoms with E-state index in [9.17, 15) is 18.5 Å². The van der Waals surface area contributed by atoms with E-state index < -0.39 is 21.1 Å². The van der Waals surface area contributed by atoms with Crippen molar-refractivity contribution in [1.29, 1.82) is 5.26 Å². The summed E-state index contributed by atoms with van der Waals surface area (Å²) in [5, 5.41) is 8.25. The number of sulfone groups is 1. The number of Topliss-reactive ketones (excluding diaryl/α,β-unsaturated/α-hetero) is 1. The second-order valence-corrected chi connectivity index (χ2v) is 7.45. The molecule has 2 unspecified atom stereocenters. The number of rotatable bonds is 5. The summed E-state index contributed by atoms with van der Waals surface area (Å²) in [6, 6.07) is 8.16. The molecule has 0 spiro atoms. The van der Waals surface area contributed by atoms with Crippen LogP contribution in [-0.4, -0.2) is 20.5 Å². The quantitative estimate of drug-likeness (QED) is 0.783. The Morgan fingerprint density at radius 3 is 2.50 bits per heavy atom. The van der Waals surface area contributed by atoms with E-state index in [-0.39, 0.29) is 16.6 Å². The number of hydrogen-bond donors (Lipinski definition) is 0. The van der Waals surface area contributed by atoms with Gasteiger partial charge < -0.3 is 0 Å². The molecule has 0 amide bonds. The monoisotopic (exact) mass is 311 g/mol. The Morgan fingerprint density at radius 2 is 2.00 bits per heavy atom. The molecule has 1 aliphatic rings. The van der Waals surface area contributed by atoms with Gasteiger partial charge in [-0.15, -0.1) is 11.6 Å². The van der Waals surface area contributed by atoms with Gasteiger partial charge in [-0.25, -0.2) is 8.42 Å². The molecule has 1 aromatic rings. The van der Waals surface area contributed by atoms with Gasteiger partial charge in [0.05, 0.1) is 16.3 Å². The molecule has 4 nitrogen and oxygen atoms in total. The van der Waals surface area contributed by atoms with Crippen molar-refractivity contribution in [3.63, 3.8) is 0 Å². The van der Waals surface area contributed by atoms with E-state index in [1.165, 1.54) is 6.07 Å². The summed E-state index contributed by atoms with van der Waals surface area (Å²) in [7, 11) is -3.46. The summed E-state index contributed by atoms with van der Waals surface area (Å²) in [4.78, 5) is 12.1. The fourth-order valence-corrected chi connectivity index (χ4v) is 3.51. The number of carbonyl (C=O) groups is 1. The number of hydrogen-bond acceptors (Lipinski definition) is 4. The first kappa shape index (κ1) is 15.0. The minimum Gasteiger partial charge on any atom is -0.298 e. The molecule has 2 atom stereocenters. The highest BCUT2D eigenvalue weighted by molar-refractivity contribution is 7.90. The molecule has 6 heteroatoms. The average Bonchev–Trinajstić information content (AvgIpc) is 3.22. The lowest BCUT2D eigenvalue weighted by Gasteiger charge is -2.17. The zero-order valence-electron chi connectivity index (χ0n) is 10.9. The number of nitriles is 1. The summed E-state index contributed by atoms with van der Waals surface area (Å²) in [5.74, 6) is -1.28. The highest BCUT2D eigenvalue weighted by Gasteiger charge is 2.39. The number of nitrogens with zero attached hydrogens (tertiary/aromatic N) is 1. The molecule has 2 rings (SSSR count). The molecule has 0 N–H and O–H groups in total. The van der Waals surface area contributed by atoms with Crippen molar-refractivity contribution in [1.82, 2.24) is 0 Å². The third-order valence-electron chi connectivity index (χ3n) is 3.33. The van der Waals surface area contributed by atoms with Crippen LogP contribution in [0.4, 0.5) is 0 Å². The Morgan fingerprint density at radius 1 is 1.40 bits per heavy atom. The summed E-state index contributed by atoms with van der Waals surface area (Å²) in [6.07, 6.45) is 2.65. The van der Waals surface area contributed by atoms with Crippen LogP contribution in [0.3, 0.4) is 0 Å². The first-order valence-corrected chi connectivity index (χ1v) is 8.55. The predicted octanol–water partition coefficient (Wildman–Crippen LogP) is 2.49. The minimum atomic E-state index is -3.46. The van der Waals surface area contributed by atoms with Crippen LogP contribution in [0.5, 0.6) is 0 Å². The normalized spacial score (nSPS) is 18.1.